The third kappa shape index (κ3) is 4.97. The van der Waals surface area contributed by atoms with E-state index in [0.717, 1.165) is 38.6 Å². The maximum absolute atomic E-state index is 13.0. The monoisotopic (exact) mass is 401 g/mol. The summed E-state index contributed by atoms with van der Waals surface area (Å²) in [6, 6.07) is 7.00. The van der Waals surface area contributed by atoms with Gasteiger partial charge in [0.25, 0.3) is 0 Å². The fraction of sp³-hybridized carbons (Fsp3) is 0.611. The zero-order valence-electron chi connectivity index (χ0n) is 14.9. The number of benzene rings is 1. The Morgan fingerprint density at radius 3 is 2.58 bits per heavy atom. The highest BCUT2D eigenvalue weighted by Gasteiger charge is 2.28. The second-order valence-corrected chi connectivity index (χ2v) is 8.74. The van der Waals surface area contributed by atoms with Gasteiger partial charge in [0.1, 0.15) is 0 Å². The first kappa shape index (κ1) is 21.2. The number of amides is 1. The van der Waals surface area contributed by atoms with E-state index in [1.165, 1.54) is 0 Å². The molecule has 2 fully saturated rings. The van der Waals surface area contributed by atoms with E-state index in [-0.39, 0.29) is 30.8 Å². The first-order valence-electron chi connectivity index (χ1n) is 9.15. The number of piperidine rings is 2. The minimum atomic E-state index is -3.50. The second-order valence-electron chi connectivity index (χ2n) is 6.83. The highest BCUT2D eigenvalue weighted by molar-refractivity contribution is 7.89. The third-order valence-electron chi connectivity index (χ3n) is 5.03. The summed E-state index contributed by atoms with van der Waals surface area (Å²) < 4.78 is 27.5. The van der Waals surface area contributed by atoms with Crippen LogP contribution in [0.3, 0.4) is 0 Å². The number of hydrogen-bond donors (Lipinski definition) is 2. The number of hydrogen-bond acceptors (Lipinski definition) is 4. The van der Waals surface area contributed by atoms with Crippen LogP contribution < -0.4 is 10.6 Å². The van der Waals surface area contributed by atoms with E-state index >= 15 is 0 Å². The lowest BCUT2D eigenvalue weighted by Crippen LogP contribution is -2.40. The summed E-state index contributed by atoms with van der Waals surface area (Å²) in [4.78, 5) is 12.6. The van der Waals surface area contributed by atoms with E-state index in [4.69, 9.17) is 0 Å². The van der Waals surface area contributed by atoms with Gasteiger partial charge in [0.05, 0.1) is 10.8 Å². The van der Waals surface area contributed by atoms with Crippen molar-refractivity contribution in [1.82, 2.24) is 14.9 Å². The molecular weight excluding hydrogens is 374 g/mol. The van der Waals surface area contributed by atoms with Gasteiger partial charge in [0.2, 0.25) is 15.9 Å². The van der Waals surface area contributed by atoms with E-state index in [1.807, 2.05) is 6.07 Å². The molecule has 0 saturated carbocycles. The molecule has 0 spiro atoms. The average Bonchev–Trinajstić information content (AvgIpc) is 2.67. The molecule has 0 aliphatic carbocycles. The van der Waals surface area contributed by atoms with Crippen LogP contribution in [0.5, 0.6) is 0 Å². The van der Waals surface area contributed by atoms with E-state index in [2.05, 4.69) is 10.6 Å². The van der Waals surface area contributed by atoms with Crippen molar-refractivity contribution in [3.05, 3.63) is 29.8 Å². The Hall–Kier alpha value is -1.15. The highest BCUT2D eigenvalue weighted by atomic mass is 35.5. The summed E-state index contributed by atoms with van der Waals surface area (Å²) >= 11 is 0. The SMILES string of the molecule is Cl.O=C(NCc1ccccc1S(=O)(=O)N1CCCCC1)C1CCCNC1. The van der Waals surface area contributed by atoms with Crippen LogP contribution >= 0.6 is 12.4 Å². The molecule has 0 bridgehead atoms. The number of nitrogens with one attached hydrogen (secondary N) is 2. The number of carbonyl (C=O) groups excluding carboxylic acids is 1. The number of sulfonamides is 1. The van der Waals surface area contributed by atoms with Gasteiger partial charge in [-0.1, -0.05) is 24.6 Å². The van der Waals surface area contributed by atoms with Crippen molar-refractivity contribution in [1.29, 1.82) is 0 Å². The summed E-state index contributed by atoms with van der Waals surface area (Å²) in [7, 11) is -3.50. The van der Waals surface area contributed by atoms with Crippen LogP contribution in [0.2, 0.25) is 0 Å². The molecule has 146 valence electrons. The van der Waals surface area contributed by atoms with Gasteiger partial charge in [-0.25, -0.2) is 8.42 Å². The van der Waals surface area contributed by atoms with Gasteiger partial charge in [0, 0.05) is 26.2 Å². The Morgan fingerprint density at radius 1 is 1.15 bits per heavy atom. The van der Waals surface area contributed by atoms with Gasteiger partial charge in [-0.05, 0) is 43.9 Å². The normalized spacial score (nSPS) is 21.6. The molecule has 3 rings (SSSR count). The van der Waals surface area contributed by atoms with Crippen molar-refractivity contribution in [2.24, 2.45) is 5.92 Å². The molecule has 2 aliphatic heterocycles. The maximum atomic E-state index is 13.0. The lowest BCUT2D eigenvalue weighted by Gasteiger charge is -2.27. The minimum absolute atomic E-state index is 0. The molecule has 2 N–H and O–H groups in total. The predicted octanol–water partition coefficient (Wildman–Crippen LogP) is 1.90. The highest BCUT2D eigenvalue weighted by Crippen LogP contribution is 2.23. The second kappa shape index (κ2) is 9.69. The molecule has 26 heavy (non-hydrogen) atoms. The summed E-state index contributed by atoms with van der Waals surface area (Å²) in [6.45, 7) is 3.06. The molecular formula is C18H28ClN3O3S. The van der Waals surface area contributed by atoms with Crippen LogP contribution in [-0.2, 0) is 21.4 Å². The number of nitrogens with zero attached hydrogens (tertiary/aromatic N) is 1. The molecule has 1 aromatic carbocycles. The summed E-state index contributed by atoms with van der Waals surface area (Å²) in [5.41, 5.74) is 0.658. The molecule has 1 aromatic rings. The smallest absolute Gasteiger partial charge is 0.243 e. The van der Waals surface area contributed by atoms with Crippen LogP contribution in [0.4, 0.5) is 0 Å². The van der Waals surface area contributed by atoms with Crippen LogP contribution in [0.1, 0.15) is 37.7 Å². The molecule has 0 aromatic heterocycles. The van der Waals surface area contributed by atoms with Gasteiger partial charge in [-0.3, -0.25) is 4.79 Å². The largest absolute Gasteiger partial charge is 0.352 e. The Labute approximate surface area is 162 Å². The first-order valence-corrected chi connectivity index (χ1v) is 10.6. The first-order chi connectivity index (χ1) is 12.1. The van der Waals surface area contributed by atoms with Crippen LogP contribution in [0.25, 0.3) is 0 Å². The predicted molar refractivity (Wildman–Crippen MR) is 104 cm³/mol. The van der Waals surface area contributed by atoms with E-state index in [1.54, 1.807) is 22.5 Å². The lowest BCUT2D eigenvalue weighted by molar-refractivity contribution is -0.125. The molecule has 1 unspecified atom stereocenters. The third-order valence-corrected chi connectivity index (χ3v) is 7.03. The zero-order valence-corrected chi connectivity index (χ0v) is 16.6. The van der Waals surface area contributed by atoms with Crippen molar-refractivity contribution in [2.75, 3.05) is 26.2 Å². The van der Waals surface area contributed by atoms with Crippen molar-refractivity contribution >= 4 is 28.3 Å². The molecule has 8 heteroatoms. The number of halogens is 1. The van der Waals surface area contributed by atoms with Gasteiger partial charge < -0.3 is 10.6 Å². The molecule has 2 heterocycles. The van der Waals surface area contributed by atoms with Crippen molar-refractivity contribution in [3.63, 3.8) is 0 Å². The average molecular weight is 402 g/mol. The molecule has 1 atom stereocenters. The van der Waals surface area contributed by atoms with Gasteiger partial charge in [0.15, 0.2) is 0 Å². The number of rotatable bonds is 5. The van der Waals surface area contributed by atoms with Gasteiger partial charge in [-0.15, -0.1) is 12.4 Å². The van der Waals surface area contributed by atoms with Crippen molar-refractivity contribution in [2.45, 2.75) is 43.5 Å². The summed E-state index contributed by atoms with van der Waals surface area (Å²) in [5.74, 6) is -0.0306. The Kier molecular flexibility index (Phi) is 7.88. The molecule has 2 saturated heterocycles. The quantitative estimate of drug-likeness (QED) is 0.789. The van der Waals surface area contributed by atoms with Crippen LogP contribution in [0, 0.1) is 5.92 Å². The Morgan fingerprint density at radius 2 is 1.88 bits per heavy atom. The van der Waals surface area contributed by atoms with Gasteiger partial charge in [-0.2, -0.15) is 4.31 Å². The molecule has 0 radical (unpaired) electrons. The fourth-order valence-electron chi connectivity index (χ4n) is 3.55. The Bertz CT molecular complexity index is 699. The zero-order chi connectivity index (χ0) is 17.7. The fourth-order valence-corrected chi connectivity index (χ4v) is 5.29. The lowest BCUT2D eigenvalue weighted by atomic mass is 9.99. The maximum Gasteiger partial charge on any atom is 0.243 e. The minimum Gasteiger partial charge on any atom is -0.352 e. The Balaban J connectivity index is 0.00000243. The van der Waals surface area contributed by atoms with E-state index in [0.29, 0.717) is 30.1 Å². The standard InChI is InChI=1S/C18H27N3O3S.ClH/c22-18(16-8-6-10-19-13-16)20-14-15-7-2-3-9-17(15)25(23,24)21-11-4-1-5-12-21;/h2-3,7,9,16,19H,1,4-6,8,10-14H2,(H,20,22);1H. The van der Waals surface area contributed by atoms with E-state index in [9.17, 15) is 13.2 Å². The molecule has 6 nitrogen and oxygen atoms in total. The van der Waals surface area contributed by atoms with Crippen LogP contribution in [-0.4, -0.2) is 44.8 Å². The van der Waals surface area contributed by atoms with Crippen molar-refractivity contribution in [3.8, 4) is 0 Å². The van der Waals surface area contributed by atoms with Gasteiger partial charge >= 0.3 is 0 Å². The summed E-state index contributed by atoms with van der Waals surface area (Å²) in [5, 5.41) is 6.15. The van der Waals surface area contributed by atoms with Crippen LogP contribution in [0.15, 0.2) is 29.2 Å². The topological polar surface area (TPSA) is 78.5 Å². The van der Waals surface area contributed by atoms with E-state index < -0.39 is 10.0 Å². The van der Waals surface area contributed by atoms with Crippen molar-refractivity contribution < 1.29 is 13.2 Å². The molecule has 1 amide bonds. The molecule has 2 aliphatic rings. The summed E-state index contributed by atoms with van der Waals surface area (Å²) in [6.07, 6.45) is 4.78. The number of carbonyl (C=O) groups is 1.